The van der Waals surface area contributed by atoms with Crippen molar-refractivity contribution in [1.82, 2.24) is 10.3 Å². The van der Waals surface area contributed by atoms with Crippen molar-refractivity contribution in [3.63, 3.8) is 0 Å². The third-order valence-electron chi connectivity index (χ3n) is 2.91. The number of nitrogens with one attached hydrogen (secondary N) is 1. The van der Waals surface area contributed by atoms with E-state index in [4.69, 9.17) is 9.84 Å². The zero-order valence-electron chi connectivity index (χ0n) is 11.3. The summed E-state index contributed by atoms with van der Waals surface area (Å²) in [6.45, 7) is 1.50. The maximum absolute atomic E-state index is 12.0. The summed E-state index contributed by atoms with van der Waals surface area (Å²) < 4.78 is 5.44. The number of carbonyl (C=O) groups excluding carboxylic acids is 1. The summed E-state index contributed by atoms with van der Waals surface area (Å²) in [6, 6.07) is 3.41. The first kappa shape index (κ1) is 14.5. The van der Waals surface area contributed by atoms with Crippen LogP contribution in [0.5, 0.6) is 0 Å². The van der Waals surface area contributed by atoms with Crippen LogP contribution in [-0.4, -0.2) is 42.4 Å². The van der Waals surface area contributed by atoms with Gasteiger partial charge in [0, 0.05) is 19.3 Å². The minimum atomic E-state index is -0.275. The van der Waals surface area contributed by atoms with Crippen molar-refractivity contribution in [2.75, 3.05) is 26.4 Å². The van der Waals surface area contributed by atoms with E-state index in [2.05, 4.69) is 22.1 Å². The Hall–Kier alpha value is -1.90. The number of hydrogen-bond acceptors (Lipinski definition) is 4. The molecule has 1 aromatic heterocycles. The van der Waals surface area contributed by atoms with Gasteiger partial charge in [0.2, 0.25) is 0 Å². The van der Waals surface area contributed by atoms with Crippen LogP contribution in [0.3, 0.4) is 0 Å². The summed E-state index contributed by atoms with van der Waals surface area (Å²) in [4.78, 5) is 16.0. The fraction of sp³-hybridized carbons (Fsp3) is 0.467. The molecule has 2 N–H and O–H groups in total. The number of pyridine rings is 1. The average Bonchev–Trinajstić information content (AvgIpc) is 3.29. The van der Waals surface area contributed by atoms with Crippen LogP contribution in [0.1, 0.15) is 28.9 Å². The maximum Gasteiger partial charge on any atom is 0.271 e. The molecule has 0 unspecified atom stereocenters. The van der Waals surface area contributed by atoms with Crippen LogP contribution in [0.4, 0.5) is 0 Å². The van der Waals surface area contributed by atoms with Crippen molar-refractivity contribution in [2.45, 2.75) is 12.8 Å². The minimum Gasteiger partial charge on any atom is -0.384 e. The fourth-order valence-electron chi connectivity index (χ4n) is 1.68. The Morgan fingerprint density at radius 2 is 2.40 bits per heavy atom. The molecule has 5 nitrogen and oxygen atoms in total. The normalized spacial score (nSPS) is 13.4. The highest BCUT2D eigenvalue weighted by atomic mass is 16.5. The fourth-order valence-corrected chi connectivity index (χ4v) is 1.68. The predicted molar refractivity (Wildman–Crippen MR) is 74.1 cm³/mol. The van der Waals surface area contributed by atoms with Gasteiger partial charge in [-0.3, -0.25) is 4.79 Å². The molecule has 0 aliphatic heterocycles. The highest BCUT2D eigenvalue weighted by Gasteiger charge is 2.20. The lowest BCUT2D eigenvalue weighted by Gasteiger charge is -2.06. The highest BCUT2D eigenvalue weighted by Crippen LogP contribution is 2.28. The number of ether oxygens (including phenoxy) is 1. The molecule has 5 heteroatoms. The zero-order valence-corrected chi connectivity index (χ0v) is 11.3. The maximum atomic E-state index is 12.0. The lowest BCUT2D eigenvalue weighted by atomic mass is 10.2. The lowest BCUT2D eigenvalue weighted by Crippen LogP contribution is -2.28. The smallest absolute Gasteiger partial charge is 0.271 e. The average molecular weight is 274 g/mol. The Labute approximate surface area is 118 Å². The van der Waals surface area contributed by atoms with E-state index in [-0.39, 0.29) is 18.2 Å². The van der Waals surface area contributed by atoms with Gasteiger partial charge in [-0.15, -0.1) is 0 Å². The Bertz CT molecular complexity index is 515. The van der Waals surface area contributed by atoms with Gasteiger partial charge in [-0.05, 0) is 30.9 Å². The van der Waals surface area contributed by atoms with Gasteiger partial charge in [0.15, 0.2) is 0 Å². The van der Waals surface area contributed by atoms with Crippen LogP contribution in [0.15, 0.2) is 18.3 Å². The first-order chi connectivity index (χ1) is 9.81. The van der Waals surface area contributed by atoms with Gasteiger partial charge in [0.25, 0.3) is 5.91 Å². The molecule has 1 aliphatic rings. The van der Waals surface area contributed by atoms with Gasteiger partial charge < -0.3 is 15.2 Å². The van der Waals surface area contributed by atoms with Crippen molar-refractivity contribution in [1.29, 1.82) is 0 Å². The Morgan fingerprint density at radius 3 is 3.15 bits per heavy atom. The first-order valence-electron chi connectivity index (χ1n) is 6.72. The summed E-state index contributed by atoms with van der Waals surface area (Å²) >= 11 is 0. The quantitative estimate of drug-likeness (QED) is 0.588. The van der Waals surface area contributed by atoms with Crippen LogP contribution >= 0.6 is 0 Å². The van der Waals surface area contributed by atoms with Gasteiger partial charge >= 0.3 is 0 Å². The molecule has 1 fully saturated rings. The summed E-state index contributed by atoms with van der Waals surface area (Å²) in [5.41, 5.74) is 0.786. The predicted octanol–water partition coefficient (Wildman–Crippen LogP) is 0.582. The van der Waals surface area contributed by atoms with Crippen molar-refractivity contribution in [3.05, 3.63) is 29.6 Å². The number of aliphatic hydroxyl groups is 1. The van der Waals surface area contributed by atoms with Crippen LogP contribution in [0.2, 0.25) is 0 Å². The van der Waals surface area contributed by atoms with Crippen molar-refractivity contribution >= 4 is 5.91 Å². The van der Waals surface area contributed by atoms with E-state index in [9.17, 15) is 4.79 Å². The highest BCUT2D eigenvalue weighted by molar-refractivity contribution is 5.94. The second-order valence-electron chi connectivity index (χ2n) is 4.63. The SMILES string of the molecule is O=C(NCCOCC1CC1)c1ncccc1C#CCO. The molecule has 0 bridgehead atoms. The molecule has 0 aromatic carbocycles. The van der Waals surface area contributed by atoms with E-state index in [0.717, 1.165) is 12.5 Å². The largest absolute Gasteiger partial charge is 0.384 e. The van der Waals surface area contributed by atoms with Crippen molar-refractivity contribution in [3.8, 4) is 11.8 Å². The molecule has 0 spiro atoms. The second kappa shape index (κ2) is 7.63. The molecule has 1 heterocycles. The number of rotatable bonds is 6. The van der Waals surface area contributed by atoms with Gasteiger partial charge in [-0.25, -0.2) is 4.98 Å². The molecule has 1 aliphatic carbocycles. The third-order valence-corrected chi connectivity index (χ3v) is 2.91. The van der Waals surface area contributed by atoms with Gasteiger partial charge in [0.05, 0.1) is 12.2 Å². The Balaban J connectivity index is 1.81. The summed E-state index contributed by atoms with van der Waals surface area (Å²) in [5.74, 6) is 5.68. The topological polar surface area (TPSA) is 71.5 Å². The molecular weight excluding hydrogens is 256 g/mol. The number of aromatic nitrogens is 1. The standard InChI is InChI=1S/C15H18N2O3/c18-9-2-4-13-3-1-7-16-14(13)15(19)17-8-10-20-11-12-5-6-12/h1,3,7,12,18H,5-6,8-11H2,(H,17,19). The molecule has 0 saturated heterocycles. The summed E-state index contributed by atoms with van der Waals surface area (Å²) in [6.07, 6.45) is 4.06. The van der Waals surface area contributed by atoms with Gasteiger partial charge in [0.1, 0.15) is 12.3 Å². The van der Waals surface area contributed by atoms with Crippen LogP contribution in [0.25, 0.3) is 0 Å². The Kier molecular flexibility index (Phi) is 5.54. The second-order valence-corrected chi connectivity index (χ2v) is 4.63. The van der Waals surface area contributed by atoms with Gasteiger partial charge in [-0.2, -0.15) is 0 Å². The molecule has 1 aromatic rings. The van der Waals surface area contributed by atoms with E-state index >= 15 is 0 Å². The monoisotopic (exact) mass is 274 g/mol. The van der Waals surface area contributed by atoms with E-state index < -0.39 is 0 Å². The number of carbonyl (C=O) groups is 1. The molecule has 20 heavy (non-hydrogen) atoms. The van der Waals surface area contributed by atoms with E-state index in [1.54, 1.807) is 18.3 Å². The van der Waals surface area contributed by atoms with Crippen LogP contribution in [0, 0.1) is 17.8 Å². The van der Waals surface area contributed by atoms with E-state index in [1.807, 2.05) is 0 Å². The molecule has 0 radical (unpaired) electrons. The number of nitrogens with zero attached hydrogens (tertiary/aromatic N) is 1. The molecule has 0 atom stereocenters. The van der Waals surface area contributed by atoms with Crippen LogP contribution < -0.4 is 5.32 Å². The molecule has 1 amide bonds. The molecule has 2 rings (SSSR count). The zero-order chi connectivity index (χ0) is 14.2. The van der Waals surface area contributed by atoms with Crippen LogP contribution in [-0.2, 0) is 4.74 Å². The Morgan fingerprint density at radius 1 is 1.55 bits per heavy atom. The molecule has 106 valence electrons. The molecular formula is C15H18N2O3. The third kappa shape index (κ3) is 4.65. The minimum absolute atomic E-state index is 0.245. The van der Waals surface area contributed by atoms with Crippen molar-refractivity contribution < 1.29 is 14.6 Å². The van der Waals surface area contributed by atoms with E-state index in [0.29, 0.717) is 18.7 Å². The number of aliphatic hydroxyl groups excluding tert-OH is 1. The molecule has 1 saturated carbocycles. The summed E-state index contributed by atoms with van der Waals surface area (Å²) in [7, 11) is 0. The summed E-state index contributed by atoms with van der Waals surface area (Å²) in [5, 5.41) is 11.4. The first-order valence-corrected chi connectivity index (χ1v) is 6.72. The number of hydrogen-bond donors (Lipinski definition) is 2. The number of amides is 1. The lowest BCUT2D eigenvalue weighted by molar-refractivity contribution is 0.0901. The van der Waals surface area contributed by atoms with Gasteiger partial charge in [-0.1, -0.05) is 11.8 Å². The van der Waals surface area contributed by atoms with Crippen molar-refractivity contribution in [2.24, 2.45) is 5.92 Å². The van der Waals surface area contributed by atoms with E-state index in [1.165, 1.54) is 12.8 Å².